The normalized spacial score (nSPS) is 9.28. The summed E-state index contributed by atoms with van der Waals surface area (Å²) < 4.78 is 0. The Bertz CT molecular complexity index is 1450. The quantitative estimate of drug-likeness (QED) is 0.100. The molecule has 0 spiro atoms. The van der Waals surface area contributed by atoms with Gasteiger partial charge in [-0.25, -0.2) is 0 Å². The zero-order valence-corrected chi connectivity index (χ0v) is 29.8. The van der Waals surface area contributed by atoms with Gasteiger partial charge in [-0.05, 0) is 150 Å². The Labute approximate surface area is 281 Å². The van der Waals surface area contributed by atoms with Crippen LogP contribution >= 0.6 is 0 Å². The first-order valence-electron chi connectivity index (χ1n) is 15.3. The first-order valence-corrected chi connectivity index (χ1v) is 15.3. The van der Waals surface area contributed by atoms with Crippen LogP contribution in [0.3, 0.4) is 0 Å². The van der Waals surface area contributed by atoms with Crippen molar-refractivity contribution in [2.75, 3.05) is 7.11 Å². The molecule has 5 aromatic carbocycles. The summed E-state index contributed by atoms with van der Waals surface area (Å²) in [6.45, 7) is 19.4. The molecule has 0 heterocycles. The summed E-state index contributed by atoms with van der Waals surface area (Å²) in [4.78, 5) is 0. The lowest BCUT2D eigenvalue weighted by Crippen LogP contribution is -1.78. The van der Waals surface area contributed by atoms with Crippen LogP contribution in [0.4, 0.5) is 0 Å². The number of aromatic hydroxyl groups is 5. The molecule has 0 aromatic heterocycles. The fourth-order valence-corrected chi connectivity index (χ4v) is 3.79. The largest absolute Gasteiger partial charge is 0.508 e. The molecule has 5 rings (SSSR count). The Balaban J connectivity index is 0.000000555. The van der Waals surface area contributed by atoms with Gasteiger partial charge in [0.1, 0.15) is 28.7 Å². The van der Waals surface area contributed by atoms with Crippen molar-refractivity contribution in [1.29, 1.82) is 0 Å². The Morgan fingerprint density at radius 2 is 0.830 bits per heavy atom. The maximum atomic E-state index is 9.21. The Morgan fingerprint density at radius 3 is 1.23 bits per heavy atom. The van der Waals surface area contributed by atoms with Crippen molar-refractivity contribution in [3.63, 3.8) is 0 Å². The third-order valence-electron chi connectivity index (χ3n) is 7.22. The van der Waals surface area contributed by atoms with Gasteiger partial charge in [0.2, 0.25) is 0 Å². The minimum atomic E-state index is 0.345. The molecule has 0 aliphatic heterocycles. The maximum absolute atomic E-state index is 9.21. The van der Waals surface area contributed by atoms with E-state index in [1.807, 2.05) is 130 Å². The van der Waals surface area contributed by atoms with E-state index in [0.29, 0.717) is 28.7 Å². The average Bonchev–Trinajstić information content (AvgIpc) is 3.03. The lowest BCUT2D eigenvalue weighted by Gasteiger charge is -1.99. The van der Waals surface area contributed by atoms with Crippen molar-refractivity contribution in [3.8, 4) is 28.7 Å². The van der Waals surface area contributed by atoms with Gasteiger partial charge in [-0.2, -0.15) is 0 Å². The van der Waals surface area contributed by atoms with E-state index in [-0.39, 0.29) is 0 Å². The van der Waals surface area contributed by atoms with Gasteiger partial charge in [0, 0.05) is 7.11 Å². The molecule has 0 aliphatic rings. The third-order valence-corrected chi connectivity index (χ3v) is 7.22. The van der Waals surface area contributed by atoms with E-state index >= 15 is 0 Å². The first-order chi connectivity index (χ1) is 22.0. The molecule has 6 heteroatoms. The topological polar surface area (TPSA) is 121 Å². The van der Waals surface area contributed by atoms with Crippen LogP contribution in [0.5, 0.6) is 28.7 Å². The third kappa shape index (κ3) is 16.3. The van der Waals surface area contributed by atoms with Crippen molar-refractivity contribution in [3.05, 3.63) is 147 Å². The second-order valence-corrected chi connectivity index (χ2v) is 11.3. The minimum absolute atomic E-state index is 0.345. The molecule has 0 amide bonds. The lowest BCUT2D eigenvalue weighted by molar-refractivity contribution is 0.399. The summed E-state index contributed by atoms with van der Waals surface area (Å²) in [5.41, 5.74) is 10.5. The monoisotopic (exact) mass is 642 g/mol. The highest BCUT2D eigenvalue weighted by Gasteiger charge is 1.96. The number of aliphatic hydroxyl groups is 1. The zero-order valence-electron chi connectivity index (χ0n) is 29.8. The summed E-state index contributed by atoms with van der Waals surface area (Å²) in [6, 6.07) is 27.8. The highest BCUT2D eigenvalue weighted by molar-refractivity contribution is 5.39. The molecule has 0 aliphatic carbocycles. The summed E-state index contributed by atoms with van der Waals surface area (Å²) >= 11 is 0. The molecular weight excluding hydrogens is 588 g/mol. The second kappa shape index (κ2) is 21.7. The van der Waals surface area contributed by atoms with E-state index in [0.717, 1.165) is 51.6 Å². The van der Waals surface area contributed by atoms with Gasteiger partial charge in [0.05, 0.1) is 0 Å². The molecule has 0 radical (unpaired) electrons. The molecule has 0 atom stereocenters. The SMILES string of the molecule is CO.Cc1ccc(C)c(O)c1.Cc1ccc(O)c(C)c1.Cc1ccc(O)cc1C.Cc1cccc(C)c1O.Cc1cccc(O)c1C. The number of aliphatic hydroxyl groups excluding tert-OH is 1. The number of phenolic OH excluding ortho intramolecular Hbond substituents is 5. The summed E-state index contributed by atoms with van der Waals surface area (Å²) in [7, 11) is 1.00. The average molecular weight is 643 g/mol. The Morgan fingerprint density at radius 1 is 0.340 bits per heavy atom. The predicted octanol–water partition coefficient (Wildman–Crippen LogP) is 9.65. The van der Waals surface area contributed by atoms with Gasteiger partial charge in [-0.15, -0.1) is 0 Å². The summed E-state index contributed by atoms with van der Waals surface area (Å²) in [5.74, 6) is 1.90. The van der Waals surface area contributed by atoms with Gasteiger partial charge in [-0.3, -0.25) is 0 Å². The van der Waals surface area contributed by atoms with Gasteiger partial charge in [0.15, 0.2) is 0 Å². The molecule has 0 unspecified atom stereocenters. The van der Waals surface area contributed by atoms with Crippen molar-refractivity contribution >= 4 is 0 Å². The van der Waals surface area contributed by atoms with Gasteiger partial charge < -0.3 is 30.6 Å². The van der Waals surface area contributed by atoms with Crippen LogP contribution in [-0.4, -0.2) is 37.7 Å². The molecule has 0 fully saturated rings. The van der Waals surface area contributed by atoms with Crippen molar-refractivity contribution in [1.82, 2.24) is 0 Å². The predicted molar refractivity (Wildman–Crippen MR) is 196 cm³/mol. The number of phenols is 5. The van der Waals surface area contributed by atoms with E-state index in [4.69, 9.17) is 25.5 Å². The summed E-state index contributed by atoms with van der Waals surface area (Å²) in [6.07, 6.45) is 0. The lowest BCUT2D eigenvalue weighted by atomic mass is 10.1. The van der Waals surface area contributed by atoms with Crippen molar-refractivity contribution < 1.29 is 30.6 Å². The van der Waals surface area contributed by atoms with Gasteiger partial charge in [-0.1, -0.05) is 66.2 Å². The molecule has 6 nitrogen and oxygen atoms in total. The Kier molecular flexibility index (Phi) is 19.5. The molecule has 6 N–H and O–H groups in total. The molecule has 5 aromatic rings. The number of hydrogen-bond donors (Lipinski definition) is 6. The Hall–Kier alpha value is -4.94. The van der Waals surface area contributed by atoms with Crippen molar-refractivity contribution in [2.24, 2.45) is 0 Å². The number of hydrogen-bond acceptors (Lipinski definition) is 6. The van der Waals surface area contributed by atoms with Crippen LogP contribution in [0, 0.1) is 69.2 Å². The first kappa shape index (κ1) is 42.1. The fourth-order valence-electron chi connectivity index (χ4n) is 3.79. The van der Waals surface area contributed by atoms with Crippen LogP contribution in [0.2, 0.25) is 0 Å². The van der Waals surface area contributed by atoms with E-state index in [9.17, 15) is 5.11 Å². The van der Waals surface area contributed by atoms with Gasteiger partial charge in [0.25, 0.3) is 0 Å². The van der Waals surface area contributed by atoms with E-state index in [1.54, 1.807) is 30.3 Å². The zero-order chi connectivity index (χ0) is 36.3. The number of rotatable bonds is 0. The van der Waals surface area contributed by atoms with E-state index in [1.165, 1.54) is 11.1 Å². The highest BCUT2D eigenvalue weighted by Crippen LogP contribution is 2.20. The summed E-state index contributed by atoms with van der Waals surface area (Å²) in [5, 5.41) is 52.4. The van der Waals surface area contributed by atoms with Gasteiger partial charge >= 0.3 is 0 Å². The minimum Gasteiger partial charge on any atom is -0.508 e. The molecule has 0 saturated carbocycles. The number of benzene rings is 5. The number of para-hydroxylation sites is 1. The molecule has 0 bridgehead atoms. The van der Waals surface area contributed by atoms with Crippen LogP contribution in [0.1, 0.15) is 55.6 Å². The number of aryl methyl sites for hydroxylation is 9. The standard InChI is InChI=1S/5C8H10O.CH4O/c1-6-3-4-8(9)5-7(6)2;1-6-3-4-8(9)7(2)5-6;1-6-3-4-7(2)8(9)5-6;1-6-4-3-5-8(9)7(6)2;1-6-4-3-5-7(2)8(6)9;1-2/h5*3-5,9H,1-2H3;2H,1H3. The molecule has 254 valence electrons. The van der Waals surface area contributed by atoms with Crippen LogP contribution in [0.15, 0.2) is 91.0 Å². The van der Waals surface area contributed by atoms with Crippen LogP contribution < -0.4 is 0 Å². The molecular formula is C41H54O6. The van der Waals surface area contributed by atoms with E-state index in [2.05, 4.69) is 0 Å². The van der Waals surface area contributed by atoms with Crippen LogP contribution in [0.25, 0.3) is 0 Å². The smallest absolute Gasteiger partial charge is 0.121 e. The molecule has 47 heavy (non-hydrogen) atoms. The fraction of sp³-hybridized carbons (Fsp3) is 0.268. The van der Waals surface area contributed by atoms with Crippen molar-refractivity contribution in [2.45, 2.75) is 69.2 Å². The highest BCUT2D eigenvalue weighted by atomic mass is 16.3. The second-order valence-electron chi connectivity index (χ2n) is 11.3. The van der Waals surface area contributed by atoms with E-state index < -0.39 is 0 Å². The maximum Gasteiger partial charge on any atom is 0.121 e. The van der Waals surface area contributed by atoms with Crippen LogP contribution in [-0.2, 0) is 0 Å². The molecule has 0 saturated heterocycles.